The molecule has 0 bridgehead atoms. The average molecular weight is 287 g/mol. The standard InChI is InChI=1S/C21H34/c1-15(2)13-17(4)19-11-12-20(21(5,6)14-19)18-9-7-16(3)8-10-18/h7-10,15,17,19-20H,11-14H2,1-6H3/t17-,19?,20?/m1/s1. The maximum Gasteiger partial charge on any atom is -0.0110 e. The van der Waals surface area contributed by atoms with E-state index in [9.17, 15) is 0 Å². The molecule has 2 rings (SSSR count). The molecular weight excluding hydrogens is 252 g/mol. The monoisotopic (exact) mass is 286 g/mol. The van der Waals surface area contributed by atoms with Crippen LogP contribution in [0.5, 0.6) is 0 Å². The molecule has 0 heterocycles. The van der Waals surface area contributed by atoms with E-state index < -0.39 is 0 Å². The van der Waals surface area contributed by atoms with E-state index in [0.717, 1.165) is 23.7 Å². The molecule has 3 atom stereocenters. The summed E-state index contributed by atoms with van der Waals surface area (Å²) in [7, 11) is 0. The number of hydrogen-bond donors (Lipinski definition) is 0. The first-order valence-corrected chi connectivity index (χ1v) is 8.86. The smallest absolute Gasteiger partial charge is 0.0110 e. The molecule has 2 unspecified atom stereocenters. The highest BCUT2D eigenvalue weighted by Crippen LogP contribution is 2.51. The van der Waals surface area contributed by atoms with Gasteiger partial charge in [-0.3, -0.25) is 0 Å². The molecule has 1 aromatic rings. The van der Waals surface area contributed by atoms with Crippen molar-refractivity contribution in [1.29, 1.82) is 0 Å². The van der Waals surface area contributed by atoms with Gasteiger partial charge in [0.1, 0.15) is 0 Å². The van der Waals surface area contributed by atoms with Crippen LogP contribution in [-0.4, -0.2) is 0 Å². The zero-order chi connectivity index (χ0) is 15.6. The molecule has 0 heteroatoms. The highest BCUT2D eigenvalue weighted by atomic mass is 14.4. The topological polar surface area (TPSA) is 0 Å². The first-order valence-electron chi connectivity index (χ1n) is 8.86. The van der Waals surface area contributed by atoms with E-state index in [2.05, 4.69) is 65.8 Å². The maximum atomic E-state index is 2.49. The quantitative estimate of drug-likeness (QED) is 0.586. The summed E-state index contributed by atoms with van der Waals surface area (Å²) in [6, 6.07) is 9.27. The summed E-state index contributed by atoms with van der Waals surface area (Å²) in [6.07, 6.45) is 5.55. The third-order valence-corrected chi connectivity index (χ3v) is 5.69. The van der Waals surface area contributed by atoms with E-state index in [1.807, 2.05) is 0 Å². The molecule has 1 aromatic carbocycles. The Hall–Kier alpha value is -0.780. The molecule has 0 N–H and O–H groups in total. The molecule has 0 aromatic heterocycles. The van der Waals surface area contributed by atoms with Crippen LogP contribution in [0.2, 0.25) is 0 Å². The number of hydrogen-bond acceptors (Lipinski definition) is 0. The Morgan fingerprint density at radius 2 is 1.67 bits per heavy atom. The number of rotatable bonds is 4. The van der Waals surface area contributed by atoms with Gasteiger partial charge in [-0.2, -0.15) is 0 Å². The summed E-state index contributed by atoms with van der Waals surface area (Å²) in [6.45, 7) is 14.4. The zero-order valence-electron chi connectivity index (χ0n) is 14.9. The van der Waals surface area contributed by atoms with Crippen molar-refractivity contribution < 1.29 is 0 Å². The maximum absolute atomic E-state index is 2.49. The van der Waals surface area contributed by atoms with E-state index >= 15 is 0 Å². The molecule has 1 saturated carbocycles. The van der Waals surface area contributed by atoms with E-state index in [-0.39, 0.29) is 0 Å². The molecule has 1 aliphatic carbocycles. The Labute approximate surface area is 132 Å². The van der Waals surface area contributed by atoms with Crippen LogP contribution < -0.4 is 0 Å². The van der Waals surface area contributed by atoms with Crippen molar-refractivity contribution in [3.8, 4) is 0 Å². The number of benzene rings is 1. The molecule has 0 aliphatic heterocycles. The highest BCUT2D eigenvalue weighted by molar-refractivity contribution is 5.26. The van der Waals surface area contributed by atoms with Gasteiger partial charge in [-0.1, -0.05) is 64.4 Å². The lowest BCUT2D eigenvalue weighted by Crippen LogP contribution is -2.33. The van der Waals surface area contributed by atoms with Crippen LogP contribution >= 0.6 is 0 Å². The first-order chi connectivity index (χ1) is 9.79. The Morgan fingerprint density at radius 3 is 2.19 bits per heavy atom. The molecule has 1 fully saturated rings. The van der Waals surface area contributed by atoms with Crippen molar-refractivity contribution in [2.45, 2.75) is 73.1 Å². The van der Waals surface area contributed by atoms with Gasteiger partial charge in [0.15, 0.2) is 0 Å². The summed E-state index contributed by atoms with van der Waals surface area (Å²) >= 11 is 0. The van der Waals surface area contributed by atoms with Gasteiger partial charge in [-0.15, -0.1) is 0 Å². The van der Waals surface area contributed by atoms with Crippen LogP contribution in [0.25, 0.3) is 0 Å². The summed E-state index contributed by atoms with van der Waals surface area (Å²) in [4.78, 5) is 0. The van der Waals surface area contributed by atoms with Crippen LogP contribution in [0.15, 0.2) is 24.3 Å². The lowest BCUT2D eigenvalue weighted by Gasteiger charge is -2.45. The summed E-state index contributed by atoms with van der Waals surface area (Å²) < 4.78 is 0. The Kier molecular flexibility index (Phi) is 5.17. The van der Waals surface area contributed by atoms with Crippen LogP contribution in [0, 0.1) is 30.1 Å². The number of aryl methyl sites for hydroxylation is 1. The fourth-order valence-corrected chi connectivity index (χ4v) is 4.53. The molecule has 0 saturated heterocycles. The van der Waals surface area contributed by atoms with Crippen molar-refractivity contribution in [3.63, 3.8) is 0 Å². The van der Waals surface area contributed by atoms with Gasteiger partial charge < -0.3 is 0 Å². The van der Waals surface area contributed by atoms with E-state index in [0.29, 0.717) is 5.41 Å². The van der Waals surface area contributed by atoms with Crippen LogP contribution in [-0.2, 0) is 0 Å². The van der Waals surface area contributed by atoms with E-state index in [4.69, 9.17) is 0 Å². The molecule has 1 aliphatic rings. The van der Waals surface area contributed by atoms with Gasteiger partial charge in [-0.25, -0.2) is 0 Å². The average Bonchev–Trinajstić information content (AvgIpc) is 2.38. The first kappa shape index (κ1) is 16.6. The van der Waals surface area contributed by atoms with Crippen LogP contribution in [0.1, 0.15) is 77.3 Å². The Bertz CT molecular complexity index is 438. The van der Waals surface area contributed by atoms with Crippen molar-refractivity contribution in [2.75, 3.05) is 0 Å². The van der Waals surface area contributed by atoms with Gasteiger partial charge in [0.05, 0.1) is 0 Å². The predicted molar refractivity (Wildman–Crippen MR) is 93.7 cm³/mol. The Balaban J connectivity index is 2.07. The molecule has 21 heavy (non-hydrogen) atoms. The lowest BCUT2D eigenvalue weighted by atomic mass is 9.60. The molecule has 0 amide bonds. The molecule has 118 valence electrons. The van der Waals surface area contributed by atoms with Crippen molar-refractivity contribution in [1.82, 2.24) is 0 Å². The zero-order valence-corrected chi connectivity index (χ0v) is 14.9. The summed E-state index contributed by atoms with van der Waals surface area (Å²) in [5.74, 6) is 3.37. The minimum Gasteiger partial charge on any atom is -0.0628 e. The summed E-state index contributed by atoms with van der Waals surface area (Å²) in [5.41, 5.74) is 3.36. The molecule has 0 nitrogen and oxygen atoms in total. The fourth-order valence-electron chi connectivity index (χ4n) is 4.53. The summed E-state index contributed by atoms with van der Waals surface area (Å²) in [5, 5.41) is 0. The van der Waals surface area contributed by atoms with Gasteiger partial charge >= 0.3 is 0 Å². The molecular formula is C21H34. The van der Waals surface area contributed by atoms with Gasteiger partial charge in [0.2, 0.25) is 0 Å². The van der Waals surface area contributed by atoms with Crippen molar-refractivity contribution in [2.24, 2.45) is 23.2 Å². The van der Waals surface area contributed by atoms with Gasteiger partial charge in [0.25, 0.3) is 0 Å². The SMILES string of the molecule is Cc1ccc(C2CCC([C@H](C)CC(C)C)CC2(C)C)cc1. The normalized spacial score (nSPS) is 26.8. The van der Waals surface area contributed by atoms with Gasteiger partial charge in [-0.05, 0) is 67.3 Å². The second-order valence-electron chi connectivity index (χ2n) is 8.60. The van der Waals surface area contributed by atoms with Gasteiger partial charge in [0, 0.05) is 0 Å². The highest BCUT2D eigenvalue weighted by Gasteiger charge is 2.39. The second-order valence-corrected chi connectivity index (χ2v) is 8.60. The minimum absolute atomic E-state index is 0.434. The van der Waals surface area contributed by atoms with Crippen LogP contribution in [0.4, 0.5) is 0 Å². The molecule has 0 spiro atoms. The third-order valence-electron chi connectivity index (χ3n) is 5.69. The third kappa shape index (κ3) is 4.11. The second kappa shape index (κ2) is 6.55. The van der Waals surface area contributed by atoms with Crippen molar-refractivity contribution in [3.05, 3.63) is 35.4 Å². The van der Waals surface area contributed by atoms with E-state index in [1.54, 1.807) is 5.56 Å². The van der Waals surface area contributed by atoms with Crippen molar-refractivity contribution >= 4 is 0 Å². The lowest BCUT2D eigenvalue weighted by molar-refractivity contribution is 0.105. The van der Waals surface area contributed by atoms with Crippen LogP contribution in [0.3, 0.4) is 0 Å². The Morgan fingerprint density at radius 1 is 1.05 bits per heavy atom. The predicted octanol–water partition coefficient (Wildman–Crippen LogP) is 6.59. The minimum atomic E-state index is 0.434. The largest absolute Gasteiger partial charge is 0.0628 e. The molecule has 0 radical (unpaired) electrons. The van der Waals surface area contributed by atoms with E-state index in [1.165, 1.54) is 31.2 Å². The fraction of sp³-hybridized carbons (Fsp3) is 0.714.